The highest BCUT2D eigenvalue weighted by Crippen LogP contribution is 2.46. The zero-order valence-corrected chi connectivity index (χ0v) is 18.8. The maximum Gasteiger partial charge on any atom is 0.341 e. The zero-order valence-electron chi connectivity index (χ0n) is 17.9. The van der Waals surface area contributed by atoms with Gasteiger partial charge in [0.05, 0.1) is 5.75 Å². The van der Waals surface area contributed by atoms with Crippen molar-refractivity contribution in [2.45, 2.75) is 23.8 Å². The Bertz CT molecular complexity index is 1200. The van der Waals surface area contributed by atoms with Gasteiger partial charge >= 0.3 is 5.97 Å². The molecule has 1 heterocycles. The van der Waals surface area contributed by atoms with E-state index in [1.807, 2.05) is 72.8 Å². The fraction of sp³-hybridized carbons (Fsp3) is 0.185. The van der Waals surface area contributed by atoms with Gasteiger partial charge in [-0.1, -0.05) is 72.8 Å². The number of aliphatic carboxylic acids is 1. The molecule has 0 radical (unpaired) electrons. The summed E-state index contributed by atoms with van der Waals surface area (Å²) in [6.07, 6.45) is 1.85. The number of carboxylic acids is 1. The predicted octanol–water partition coefficient (Wildman–Crippen LogP) is 6.39. The summed E-state index contributed by atoms with van der Waals surface area (Å²) in [5.74, 6) is 1.84. The molecule has 5 nitrogen and oxygen atoms in total. The Hall–Kier alpha value is -3.51. The van der Waals surface area contributed by atoms with Crippen molar-refractivity contribution >= 4 is 17.7 Å². The Morgan fingerprint density at radius 1 is 1.00 bits per heavy atom. The van der Waals surface area contributed by atoms with Gasteiger partial charge in [-0.15, -0.1) is 11.8 Å². The first-order chi connectivity index (χ1) is 16.2. The summed E-state index contributed by atoms with van der Waals surface area (Å²) in [5, 5.41) is 9.22. The van der Waals surface area contributed by atoms with E-state index in [0.29, 0.717) is 22.6 Å². The standard InChI is InChI=1S/C27H23NO4S/c29-25(30)16-31-22-13-7-12-21-20(22)14-15-23(21)33-17-24-28-26(18-8-3-1-4-9-18)27(32-24)19-10-5-2-6-11-19/h1-13,23H,14-17H2,(H,29,30). The third kappa shape index (κ3) is 4.66. The first kappa shape index (κ1) is 21.3. The molecule has 1 N–H and O–H groups in total. The normalized spacial score (nSPS) is 14.7. The highest BCUT2D eigenvalue weighted by molar-refractivity contribution is 7.98. The second-order valence-corrected chi connectivity index (χ2v) is 9.05. The molecule has 5 rings (SSSR count). The minimum absolute atomic E-state index is 0.292. The van der Waals surface area contributed by atoms with Crippen LogP contribution in [0.4, 0.5) is 0 Å². The lowest BCUT2D eigenvalue weighted by molar-refractivity contribution is -0.139. The van der Waals surface area contributed by atoms with Crippen molar-refractivity contribution in [3.8, 4) is 28.3 Å². The summed E-state index contributed by atoms with van der Waals surface area (Å²) >= 11 is 1.80. The molecule has 1 aliphatic carbocycles. The molecule has 6 heteroatoms. The van der Waals surface area contributed by atoms with Crippen LogP contribution in [-0.4, -0.2) is 22.7 Å². The highest BCUT2D eigenvalue weighted by atomic mass is 32.2. The van der Waals surface area contributed by atoms with E-state index in [9.17, 15) is 4.79 Å². The Kier molecular flexibility index (Phi) is 6.17. The van der Waals surface area contributed by atoms with Crippen LogP contribution < -0.4 is 4.74 Å². The molecule has 1 unspecified atom stereocenters. The molecule has 4 aromatic rings. The van der Waals surface area contributed by atoms with E-state index >= 15 is 0 Å². The van der Waals surface area contributed by atoms with Crippen molar-refractivity contribution in [3.05, 3.63) is 95.9 Å². The summed E-state index contributed by atoms with van der Waals surface area (Å²) in [6.45, 7) is -0.324. The van der Waals surface area contributed by atoms with Crippen molar-refractivity contribution in [2.75, 3.05) is 6.61 Å². The van der Waals surface area contributed by atoms with E-state index in [-0.39, 0.29) is 6.61 Å². The molecule has 1 atom stereocenters. The van der Waals surface area contributed by atoms with Crippen molar-refractivity contribution in [1.82, 2.24) is 4.98 Å². The topological polar surface area (TPSA) is 72.6 Å². The van der Waals surface area contributed by atoms with E-state index in [0.717, 1.165) is 41.0 Å². The van der Waals surface area contributed by atoms with Gasteiger partial charge in [0, 0.05) is 16.4 Å². The van der Waals surface area contributed by atoms with Crippen molar-refractivity contribution in [1.29, 1.82) is 0 Å². The van der Waals surface area contributed by atoms with Crippen molar-refractivity contribution in [3.63, 3.8) is 0 Å². The number of carbonyl (C=O) groups is 1. The van der Waals surface area contributed by atoms with E-state index in [1.165, 1.54) is 5.56 Å². The average Bonchev–Trinajstić information content (AvgIpc) is 3.47. The minimum atomic E-state index is -0.969. The summed E-state index contributed by atoms with van der Waals surface area (Å²) < 4.78 is 11.8. The van der Waals surface area contributed by atoms with Crippen LogP contribution in [0.3, 0.4) is 0 Å². The van der Waals surface area contributed by atoms with Gasteiger partial charge in [0.1, 0.15) is 11.4 Å². The first-order valence-corrected chi connectivity index (χ1v) is 11.9. The molecule has 1 aromatic heterocycles. The van der Waals surface area contributed by atoms with Gasteiger partial charge in [-0.25, -0.2) is 9.78 Å². The highest BCUT2D eigenvalue weighted by Gasteiger charge is 2.27. The van der Waals surface area contributed by atoms with Gasteiger partial charge in [-0.3, -0.25) is 0 Å². The molecule has 33 heavy (non-hydrogen) atoms. The van der Waals surface area contributed by atoms with Crippen LogP contribution in [0.1, 0.15) is 28.7 Å². The average molecular weight is 458 g/mol. The minimum Gasteiger partial charge on any atom is -0.482 e. The molecule has 0 saturated heterocycles. The number of benzene rings is 3. The number of thioether (sulfide) groups is 1. The number of hydrogen-bond donors (Lipinski definition) is 1. The Morgan fingerprint density at radius 2 is 1.73 bits per heavy atom. The largest absolute Gasteiger partial charge is 0.482 e. The van der Waals surface area contributed by atoms with Gasteiger partial charge in [-0.05, 0) is 30.0 Å². The van der Waals surface area contributed by atoms with E-state index in [4.69, 9.17) is 19.2 Å². The molecular weight excluding hydrogens is 434 g/mol. The fourth-order valence-corrected chi connectivity index (χ4v) is 5.36. The summed E-state index contributed by atoms with van der Waals surface area (Å²) in [4.78, 5) is 15.7. The number of aromatic nitrogens is 1. The Balaban J connectivity index is 1.37. The summed E-state index contributed by atoms with van der Waals surface area (Å²) in [6, 6.07) is 26.1. The van der Waals surface area contributed by atoms with Gasteiger partial charge in [0.25, 0.3) is 0 Å². The van der Waals surface area contributed by atoms with Gasteiger partial charge in [-0.2, -0.15) is 0 Å². The van der Waals surface area contributed by atoms with E-state index in [1.54, 1.807) is 11.8 Å². The van der Waals surface area contributed by atoms with E-state index < -0.39 is 5.97 Å². The van der Waals surface area contributed by atoms with Crippen LogP contribution in [0.25, 0.3) is 22.6 Å². The fourth-order valence-electron chi connectivity index (χ4n) is 4.21. The first-order valence-electron chi connectivity index (χ1n) is 10.9. The Labute approximate surface area is 196 Å². The molecule has 0 aliphatic heterocycles. The van der Waals surface area contributed by atoms with Crippen molar-refractivity contribution in [2.24, 2.45) is 0 Å². The third-order valence-electron chi connectivity index (χ3n) is 5.69. The van der Waals surface area contributed by atoms with Gasteiger partial charge in [0.15, 0.2) is 12.4 Å². The smallest absolute Gasteiger partial charge is 0.341 e. The molecule has 3 aromatic carbocycles. The third-order valence-corrected chi connectivity index (χ3v) is 6.99. The summed E-state index contributed by atoms with van der Waals surface area (Å²) in [5.41, 5.74) is 5.21. The monoisotopic (exact) mass is 457 g/mol. The van der Waals surface area contributed by atoms with Crippen LogP contribution >= 0.6 is 11.8 Å². The maximum atomic E-state index is 10.9. The number of ether oxygens (including phenoxy) is 1. The Morgan fingerprint density at radius 3 is 2.45 bits per heavy atom. The predicted molar refractivity (Wildman–Crippen MR) is 129 cm³/mol. The number of fused-ring (bicyclic) bond motifs is 1. The lowest BCUT2D eigenvalue weighted by atomic mass is 10.1. The lowest BCUT2D eigenvalue weighted by Gasteiger charge is -2.12. The molecule has 0 fully saturated rings. The maximum absolute atomic E-state index is 10.9. The van der Waals surface area contributed by atoms with Crippen LogP contribution in [0.5, 0.6) is 5.75 Å². The molecule has 0 amide bonds. The second-order valence-electron chi connectivity index (χ2n) is 7.86. The summed E-state index contributed by atoms with van der Waals surface area (Å²) in [7, 11) is 0. The van der Waals surface area contributed by atoms with Crippen LogP contribution in [0.2, 0.25) is 0 Å². The molecule has 1 aliphatic rings. The number of oxazole rings is 1. The molecule has 0 spiro atoms. The quantitative estimate of drug-likeness (QED) is 0.330. The van der Waals surface area contributed by atoms with Gasteiger partial charge < -0.3 is 14.3 Å². The van der Waals surface area contributed by atoms with Crippen LogP contribution in [-0.2, 0) is 17.0 Å². The molecular formula is C27H23NO4S. The lowest BCUT2D eigenvalue weighted by Crippen LogP contribution is -2.10. The number of hydrogen-bond acceptors (Lipinski definition) is 5. The SMILES string of the molecule is O=C(O)COc1cccc2c1CCC2SCc1nc(-c2ccccc2)c(-c2ccccc2)o1. The van der Waals surface area contributed by atoms with Crippen molar-refractivity contribution < 1.29 is 19.1 Å². The molecule has 0 bridgehead atoms. The zero-order chi connectivity index (χ0) is 22.6. The number of rotatable bonds is 8. The second kappa shape index (κ2) is 9.55. The van der Waals surface area contributed by atoms with E-state index in [2.05, 4.69) is 6.07 Å². The molecule has 166 valence electrons. The van der Waals surface area contributed by atoms with Crippen LogP contribution in [0, 0.1) is 0 Å². The number of nitrogens with zero attached hydrogens (tertiary/aromatic N) is 1. The van der Waals surface area contributed by atoms with Crippen LogP contribution in [0.15, 0.2) is 83.3 Å². The van der Waals surface area contributed by atoms with Gasteiger partial charge in [0.2, 0.25) is 5.89 Å². The molecule has 0 saturated carbocycles. The number of carboxylic acid groups (broad SMARTS) is 1.